The molecule has 1 unspecified atom stereocenters. The van der Waals surface area contributed by atoms with Gasteiger partial charge in [-0.15, -0.1) is 0 Å². The van der Waals surface area contributed by atoms with E-state index in [2.05, 4.69) is 27.7 Å². The fraction of sp³-hybridized carbons (Fsp3) is 1.00. The molecule has 0 aromatic rings. The van der Waals surface area contributed by atoms with Crippen LogP contribution < -0.4 is 5.73 Å². The summed E-state index contributed by atoms with van der Waals surface area (Å²) in [4.78, 5) is 0. The van der Waals surface area contributed by atoms with Gasteiger partial charge in [0.15, 0.2) is 0 Å². The highest BCUT2D eigenvalue weighted by molar-refractivity contribution is 4.97. The van der Waals surface area contributed by atoms with Gasteiger partial charge < -0.3 is 5.73 Å². The minimum Gasteiger partial charge on any atom is -0.325 e. The average Bonchev–Trinajstić information content (AvgIpc) is 2.03. The van der Waals surface area contributed by atoms with Crippen molar-refractivity contribution in [3.63, 3.8) is 0 Å². The molecular formula is C13H27N. The maximum Gasteiger partial charge on any atom is 0.0187 e. The van der Waals surface area contributed by atoms with Crippen molar-refractivity contribution in [2.75, 3.05) is 0 Å². The molecule has 1 aliphatic carbocycles. The fourth-order valence-corrected chi connectivity index (χ4v) is 3.41. The highest BCUT2D eigenvalue weighted by atomic mass is 14.8. The normalized spacial score (nSPS) is 32.1. The smallest absolute Gasteiger partial charge is 0.0187 e. The first-order chi connectivity index (χ1) is 6.43. The summed E-state index contributed by atoms with van der Waals surface area (Å²) >= 11 is 0. The molecule has 14 heavy (non-hydrogen) atoms. The lowest BCUT2D eigenvalue weighted by atomic mass is 9.63. The van der Waals surface area contributed by atoms with Gasteiger partial charge in [0, 0.05) is 5.54 Å². The van der Waals surface area contributed by atoms with Crippen LogP contribution >= 0.6 is 0 Å². The van der Waals surface area contributed by atoms with Gasteiger partial charge in [-0.3, -0.25) is 0 Å². The molecule has 1 aliphatic rings. The number of nitrogens with two attached hydrogens (primary N) is 1. The van der Waals surface area contributed by atoms with Crippen molar-refractivity contribution in [3.05, 3.63) is 0 Å². The minimum atomic E-state index is 0.130. The first-order valence-electron chi connectivity index (χ1n) is 6.22. The molecule has 1 heteroatoms. The first-order valence-corrected chi connectivity index (χ1v) is 6.22. The van der Waals surface area contributed by atoms with E-state index in [9.17, 15) is 0 Å². The molecule has 84 valence electrons. The van der Waals surface area contributed by atoms with Crippen LogP contribution in [0.2, 0.25) is 0 Å². The van der Waals surface area contributed by atoms with E-state index in [-0.39, 0.29) is 5.54 Å². The summed E-state index contributed by atoms with van der Waals surface area (Å²) in [5.74, 6) is 0.724. The highest BCUT2D eigenvalue weighted by Crippen LogP contribution is 2.44. The van der Waals surface area contributed by atoms with Gasteiger partial charge in [0.05, 0.1) is 0 Å². The molecular weight excluding hydrogens is 170 g/mol. The molecule has 1 atom stereocenters. The van der Waals surface area contributed by atoms with E-state index in [1.807, 2.05) is 0 Å². The fourth-order valence-electron chi connectivity index (χ4n) is 3.41. The molecule has 0 aromatic carbocycles. The largest absolute Gasteiger partial charge is 0.325 e. The van der Waals surface area contributed by atoms with Crippen LogP contribution in [0.5, 0.6) is 0 Å². The van der Waals surface area contributed by atoms with Gasteiger partial charge in [0.2, 0.25) is 0 Å². The maximum atomic E-state index is 6.60. The van der Waals surface area contributed by atoms with E-state index in [1.165, 1.54) is 38.5 Å². The summed E-state index contributed by atoms with van der Waals surface area (Å²) in [5.41, 5.74) is 7.20. The van der Waals surface area contributed by atoms with Crippen molar-refractivity contribution in [2.24, 2.45) is 17.1 Å². The monoisotopic (exact) mass is 197 g/mol. The lowest BCUT2D eigenvalue weighted by molar-refractivity contribution is 0.0967. The Morgan fingerprint density at radius 2 is 1.71 bits per heavy atom. The lowest BCUT2D eigenvalue weighted by Gasteiger charge is -2.47. The first kappa shape index (κ1) is 12.0. The van der Waals surface area contributed by atoms with Crippen LogP contribution in [0.3, 0.4) is 0 Å². The van der Waals surface area contributed by atoms with Gasteiger partial charge in [-0.05, 0) is 30.6 Å². The second kappa shape index (κ2) is 4.22. The second-order valence-electron chi connectivity index (χ2n) is 5.94. The zero-order chi connectivity index (χ0) is 10.8. The van der Waals surface area contributed by atoms with Crippen LogP contribution in [0.1, 0.15) is 66.2 Å². The van der Waals surface area contributed by atoms with Crippen LogP contribution in [0, 0.1) is 11.3 Å². The molecule has 0 bridgehead atoms. The van der Waals surface area contributed by atoms with E-state index in [4.69, 9.17) is 5.73 Å². The molecule has 1 fully saturated rings. The molecule has 0 radical (unpaired) electrons. The number of rotatable bonds is 3. The van der Waals surface area contributed by atoms with Gasteiger partial charge in [-0.2, -0.15) is 0 Å². The second-order valence-corrected chi connectivity index (χ2v) is 5.94. The Labute approximate surface area is 89.5 Å². The molecule has 0 aromatic heterocycles. The summed E-state index contributed by atoms with van der Waals surface area (Å²) in [7, 11) is 0. The van der Waals surface area contributed by atoms with Crippen LogP contribution in [-0.4, -0.2) is 5.54 Å². The summed E-state index contributed by atoms with van der Waals surface area (Å²) in [6, 6.07) is 0. The molecule has 0 spiro atoms. The van der Waals surface area contributed by atoms with E-state index >= 15 is 0 Å². The molecule has 1 rings (SSSR count). The Hall–Kier alpha value is -0.0400. The van der Waals surface area contributed by atoms with Crippen molar-refractivity contribution in [3.8, 4) is 0 Å². The SMILES string of the molecule is CCC(CC)C1(N)CCCC(C)(C)C1. The molecule has 0 aliphatic heterocycles. The zero-order valence-electron chi connectivity index (χ0n) is 10.4. The van der Waals surface area contributed by atoms with E-state index in [0.29, 0.717) is 5.41 Å². The summed E-state index contributed by atoms with van der Waals surface area (Å²) in [6.07, 6.45) is 7.60. The summed E-state index contributed by atoms with van der Waals surface area (Å²) < 4.78 is 0. The van der Waals surface area contributed by atoms with Gasteiger partial charge in [-0.1, -0.05) is 47.0 Å². The van der Waals surface area contributed by atoms with Gasteiger partial charge in [-0.25, -0.2) is 0 Å². The van der Waals surface area contributed by atoms with Crippen LogP contribution in [0.15, 0.2) is 0 Å². The van der Waals surface area contributed by atoms with Crippen LogP contribution in [0.25, 0.3) is 0 Å². The Balaban J connectivity index is 2.72. The predicted molar refractivity (Wildman–Crippen MR) is 63.2 cm³/mol. The lowest BCUT2D eigenvalue weighted by Crippen LogP contribution is -2.52. The van der Waals surface area contributed by atoms with E-state index in [1.54, 1.807) is 0 Å². The third kappa shape index (κ3) is 2.50. The standard InChI is InChI=1S/C13H27N/c1-5-11(6-2)13(14)9-7-8-12(3,4)10-13/h11H,5-10,14H2,1-4H3. The predicted octanol–water partition coefficient (Wildman–Crippen LogP) is 3.72. The molecule has 1 saturated carbocycles. The van der Waals surface area contributed by atoms with Gasteiger partial charge in [0.1, 0.15) is 0 Å². The highest BCUT2D eigenvalue weighted by Gasteiger charge is 2.40. The third-order valence-corrected chi connectivity index (χ3v) is 4.10. The maximum absolute atomic E-state index is 6.60. The summed E-state index contributed by atoms with van der Waals surface area (Å²) in [6.45, 7) is 9.31. The molecule has 0 saturated heterocycles. The molecule has 0 heterocycles. The van der Waals surface area contributed by atoms with Gasteiger partial charge in [0.25, 0.3) is 0 Å². The Morgan fingerprint density at radius 1 is 1.14 bits per heavy atom. The van der Waals surface area contributed by atoms with Crippen LogP contribution in [0.4, 0.5) is 0 Å². The molecule has 2 N–H and O–H groups in total. The quantitative estimate of drug-likeness (QED) is 0.733. The molecule has 0 amide bonds. The third-order valence-electron chi connectivity index (χ3n) is 4.10. The topological polar surface area (TPSA) is 26.0 Å². The van der Waals surface area contributed by atoms with Crippen molar-refractivity contribution >= 4 is 0 Å². The van der Waals surface area contributed by atoms with Crippen molar-refractivity contribution < 1.29 is 0 Å². The van der Waals surface area contributed by atoms with Gasteiger partial charge >= 0.3 is 0 Å². The minimum absolute atomic E-state index is 0.130. The molecule has 1 nitrogen and oxygen atoms in total. The Bertz CT molecular complexity index is 182. The number of hydrogen-bond donors (Lipinski definition) is 1. The summed E-state index contributed by atoms with van der Waals surface area (Å²) in [5, 5.41) is 0. The van der Waals surface area contributed by atoms with Crippen molar-refractivity contribution in [1.29, 1.82) is 0 Å². The number of hydrogen-bond acceptors (Lipinski definition) is 1. The van der Waals surface area contributed by atoms with Crippen LogP contribution in [-0.2, 0) is 0 Å². The van der Waals surface area contributed by atoms with E-state index < -0.39 is 0 Å². The van der Waals surface area contributed by atoms with E-state index in [0.717, 1.165) is 5.92 Å². The Morgan fingerprint density at radius 3 is 2.14 bits per heavy atom. The van der Waals surface area contributed by atoms with Crippen molar-refractivity contribution in [2.45, 2.75) is 71.8 Å². The Kier molecular flexibility index (Phi) is 3.63. The van der Waals surface area contributed by atoms with Crippen molar-refractivity contribution in [1.82, 2.24) is 0 Å². The zero-order valence-corrected chi connectivity index (χ0v) is 10.4. The average molecular weight is 197 g/mol.